The molecular weight excluding hydrogens is 194 g/mol. The van der Waals surface area contributed by atoms with Crippen LogP contribution in [0.2, 0.25) is 0 Å². The van der Waals surface area contributed by atoms with E-state index in [-0.39, 0.29) is 0 Å². The molecule has 2 aromatic carbocycles. The number of anilines is 1. The van der Waals surface area contributed by atoms with E-state index in [1.54, 1.807) is 0 Å². The van der Waals surface area contributed by atoms with E-state index in [0.29, 0.717) is 0 Å². The normalized spacial score (nSPS) is 10.1. The zero-order valence-electron chi connectivity index (χ0n) is 9.85. The maximum absolute atomic E-state index is 2.27. The molecule has 0 saturated carbocycles. The van der Waals surface area contributed by atoms with Crippen LogP contribution in [0, 0.1) is 0 Å². The van der Waals surface area contributed by atoms with Gasteiger partial charge in [0, 0.05) is 24.8 Å². The highest BCUT2D eigenvalue weighted by Gasteiger charge is 2.06. The molecule has 0 aromatic heterocycles. The summed E-state index contributed by atoms with van der Waals surface area (Å²) in [5.41, 5.74) is 3.86. The first-order chi connectivity index (χ1) is 7.83. The van der Waals surface area contributed by atoms with E-state index in [4.69, 9.17) is 0 Å². The molecule has 0 aliphatic rings. The molecule has 2 rings (SSSR count). The number of para-hydroxylation sites is 1. The lowest BCUT2D eigenvalue weighted by atomic mass is 10.0. The van der Waals surface area contributed by atoms with Gasteiger partial charge >= 0.3 is 0 Å². The van der Waals surface area contributed by atoms with Gasteiger partial charge in [-0.05, 0) is 18.6 Å². The van der Waals surface area contributed by atoms with Crippen LogP contribution < -0.4 is 4.90 Å². The van der Waals surface area contributed by atoms with E-state index in [9.17, 15) is 0 Å². The average molecular weight is 211 g/mol. The molecule has 0 atom stereocenters. The number of hydrogen-bond acceptors (Lipinski definition) is 1. The molecule has 82 valence electrons. The Kier molecular flexibility index (Phi) is 3.25. The van der Waals surface area contributed by atoms with Gasteiger partial charge in [0.2, 0.25) is 0 Å². The Hall–Kier alpha value is -1.76. The third-order valence-electron chi connectivity index (χ3n) is 2.87. The predicted octanol–water partition coefficient (Wildman–Crippen LogP) is 3.81. The summed E-state index contributed by atoms with van der Waals surface area (Å²) in [5.74, 6) is 0. The number of benzene rings is 2. The van der Waals surface area contributed by atoms with Crippen molar-refractivity contribution in [3.05, 3.63) is 54.6 Å². The van der Waals surface area contributed by atoms with Crippen LogP contribution in [0.5, 0.6) is 0 Å². The summed E-state index contributed by atoms with van der Waals surface area (Å²) >= 11 is 0. The van der Waals surface area contributed by atoms with Crippen LogP contribution in [-0.2, 0) is 0 Å². The Labute approximate surface area is 97.3 Å². The van der Waals surface area contributed by atoms with Gasteiger partial charge in [-0.15, -0.1) is 0 Å². The highest BCUT2D eigenvalue weighted by molar-refractivity contribution is 5.78. The topological polar surface area (TPSA) is 3.24 Å². The highest BCUT2D eigenvalue weighted by Crippen LogP contribution is 2.29. The van der Waals surface area contributed by atoms with Crippen molar-refractivity contribution in [2.75, 3.05) is 18.5 Å². The first kappa shape index (κ1) is 10.7. The summed E-state index contributed by atoms with van der Waals surface area (Å²) in [6.45, 7) is 3.19. The zero-order chi connectivity index (χ0) is 11.4. The van der Waals surface area contributed by atoms with Gasteiger partial charge in [-0.1, -0.05) is 48.5 Å². The Morgan fingerprint density at radius 3 is 2.19 bits per heavy atom. The van der Waals surface area contributed by atoms with Crippen molar-refractivity contribution in [1.29, 1.82) is 0 Å². The van der Waals surface area contributed by atoms with Gasteiger partial charge in [-0.2, -0.15) is 0 Å². The third-order valence-corrected chi connectivity index (χ3v) is 2.87. The molecule has 1 heteroatoms. The fourth-order valence-electron chi connectivity index (χ4n) is 1.84. The minimum absolute atomic E-state index is 1.02. The van der Waals surface area contributed by atoms with Crippen molar-refractivity contribution in [2.24, 2.45) is 0 Å². The molecule has 0 aliphatic carbocycles. The smallest absolute Gasteiger partial charge is 0.0443 e. The lowest BCUT2D eigenvalue weighted by Crippen LogP contribution is -2.16. The van der Waals surface area contributed by atoms with Crippen LogP contribution in [-0.4, -0.2) is 13.6 Å². The monoisotopic (exact) mass is 211 g/mol. The van der Waals surface area contributed by atoms with Crippen molar-refractivity contribution < 1.29 is 0 Å². The standard InChI is InChI=1S/C15H17N/c1-3-16(2)15-12-8-7-11-14(15)13-9-5-4-6-10-13/h4-12H,3H2,1-2H3. The van der Waals surface area contributed by atoms with Gasteiger partial charge in [0.15, 0.2) is 0 Å². The van der Waals surface area contributed by atoms with Gasteiger partial charge in [0.1, 0.15) is 0 Å². The molecule has 2 aromatic rings. The van der Waals surface area contributed by atoms with Gasteiger partial charge in [0.25, 0.3) is 0 Å². The van der Waals surface area contributed by atoms with E-state index in [1.807, 2.05) is 0 Å². The Balaban J connectivity index is 2.49. The summed E-state index contributed by atoms with van der Waals surface area (Å²) in [6.07, 6.45) is 0. The maximum Gasteiger partial charge on any atom is 0.0443 e. The highest BCUT2D eigenvalue weighted by atomic mass is 15.1. The van der Waals surface area contributed by atoms with Crippen LogP contribution in [0.1, 0.15) is 6.92 Å². The summed E-state index contributed by atoms with van der Waals surface area (Å²) in [7, 11) is 2.13. The number of hydrogen-bond donors (Lipinski definition) is 0. The van der Waals surface area contributed by atoms with Crippen LogP contribution in [0.15, 0.2) is 54.6 Å². The van der Waals surface area contributed by atoms with E-state index in [0.717, 1.165) is 6.54 Å². The van der Waals surface area contributed by atoms with E-state index < -0.39 is 0 Å². The minimum atomic E-state index is 1.02. The molecule has 0 unspecified atom stereocenters. The Morgan fingerprint density at radius 2 is 1.50 bits per heavy atom. The Morgan fingerprint density at radius 1 is 0.875 bits per heavy atom. The molecular formula is C15H17N. The SMILES string of the molecule is CCN(C)c1ccccc1-c1ccccc1. The molecule has 1 nitrogen and oxygen atoms in total. The fraction of sp³-hybridized carbons (Fsp3) is 0.200. The lowest BCUT2D eigenvalue weighted by molar-refractivity contribution is 0.969. The lowest BCUT2D eigenvalue weighted by Gasteiger charge is -2.20. The third kappa shape index (κ3) is 2.08. The zero-order valence-corrected chi connectivity index (χ0v) is 9.85. The van der Waals surface area contributed by atoms with Crippen molar-refractivity contribution in [1.82, 2.24) is 0 Å². The van der Waals surface area contributed by atoms with Crippen LogP contribution >= 0.6 is 0 Å². The second-order valence-corrected chi connectivity index (χ2v) is 3.90. The van der Waals surface area contributed by atoms with Crippen LogP contribution in [0.4, 0.5) is 5.69 Å². The molecule has 0 aliphatic heterocycles. The molecule has 0 saturated heterocycles. The maximum atomic E-state index is 2.27. The van der Waals surface area contributed by atoms with Crippen LogP contribution in [0.25, 0.3) is 11.1 Å². The van der Waals surface area contributed by atoms with Crippen molar-refractivity contribution >= 4 is 5.69 Å². The van der Waals surface area contributed by atoms with Crippen molar-refractivity contribution in [2.45, 2.75) is 6.92 Å². The number of nitrogens with zero attached hydrogens (tertiary/aromatic N) is 1. The van der Waals surface area contributed by atoms with E-state index in [2.05, 4.69) is 73.5 Å². The predicted molar refractivity (Wildman–Crippen MR) is 70.8 cm³/mol. The van der Waals surface area contributed by atoms with E-state index in [1.165, 1.54) is 16.8 Å². The second kappa shape index (κ2) is 4.84. The first-order valence-electron chi connectivity index (χ1n) is 5.68. The fourth-order valence-corrected chi connectivity index (χ4v) is 1.84. The van der Waals surface area contributed by atoms with Gasteiger partial charge in [0.05, 0.1) is 0 Å². The van der Waals surface area contributed by atoms with Gasteiger partial charge in [-0.25, -0.2) is 0 Å². The van der Waals surface area contributed by atoms with Gasteiger partial charge in [-0.3, -0.25) is 0 Å². The minimum Gasteiger partial charge on any atom is -0.374 e. The van der Waals surface area contributed by atoms with Gasteiger partial charge < -0.3 is 4.90 Å². The van der Waals surface area contributed by atoms with Crippen LogP contribution in [0.3, 0.4) is 0 Å². The molecule has 0 spiro atoms. The summed E-state index contributed by atoms with van der Waals surface area (Å²) in [6, 6.07) is 19.1. The Bertz CT molecular complexity index is 448. The largest absolute Gasteiger partial charge is 0.374 e. The molecule has 16 heavy (non-hydrogen) atoms. The first-order valence-corrected chi connectivity index (χ1v) is 5.68. The molecule has 0 radical (unpaired) electrons. The van der Waals surface area contributed by atoms with Crippen molar-refractivity contribution in [3.63, 3.8) is 0 Å². The van der Waals surface area contributed by atoms with E-state index >= 15 is 0 Å². The summed E-state index contributed by atoms with van der Waals surface area (Å²) in [4.78, 5) is 2.27. The average Bonchev–Trinajstić information content (AvgIpc) is 2.39. The second-order valence-electron chi connectivity index (χ2n) is 3.90. The quantitative estimate of drug-likeness (QED) is 0.746. The molecule has 0 bridgehead atoms. The number of rotatable bonds is 3. The molecule has 0 amide bonds. The molecule has 0 heterocycles. The summed E-state index contributed by atoms with van der Waals surface area (Å²) < 4.78 is 0. The summed E-state index contributed by atoms with van der Waals surface area (Å²) in [5, 5.41) is 0. The molecule has 0 fully saturated rings. The molecule has 0 N–H and O–H groups in total. The van der Waals surface area contributed by atoms with Crippen molar-refractivity contribution in [3.8, 4) is 11.1 Å².